The number of nitrogens with zero attached hydrogens (tertiary/aromatic N) is 2. The standard InChI is InChI=1S/C18H24N4O/c1-13-10-17(21-20-13)12-22(2)18(23)15-7-5-14(6-8-15)11-16-4-3-9-19-16/h5-8,10,16,19H,3-4,9,11-12H2,1-2H3,(H,20,21). The molecule has 5 heteroatoms. The van der Waals surface area contributed by atoms with Crippen LogP contribution in [0.2, 0.25) is 0 Å². The highest BCUT2D eigenvalue weighted by Gasteiger charge is 2.16. The molecule has 3 rings (SSSR count). The molecule has 2 aromatic rings. The van der Waals surface area contributed by atoms with Gasteiger partial charge in [-0.2, -0.15) is 5.10 Å². The largest absolute Gasteiger partial charge is 0.336 e. The summed E-state index contributed by atoms with van der Waals surface area (Å²) in [4.78, 5) is 14.2. The van der Waals surface area contributed by atoms with Crippen LogP contribution in [0.15, 0.2) is 30.3 Å². The quantitative estimate of drug-likeness (QED) is 0.890. The molecule has 1 aliphatic rings. The summed E-state index contributed by atoms with van der Waals surface area (Å²) in [6, 6.07) is 10.5. The van der Waals surface area contributed by atoms with Gasteiger partial charge < -0.3 is 10.2 Å². The minimum absolute atomic E-state index is 0.0243. The Balaban J connectivity index is 1.60. The molecule has 1 unspecified atom stereocenters. The van der Waals surface area contributed by atoms with Crippen molar-refractivity contribution in [3.05, 3.63) is 52.8 Å². The molecule has 0 spiro atoms. The Hall–Kier alpha value is -2.14. The molecule has 1 aromatic heterocycles. The number of rotatable bonds is 5. The lowest BCUT2D eigenvalue weighted by atomic mass is 10.0. The number of hydrogen-bond acceptors (Lipinski definition) is 3. The van der Waals surface area contributed by atoms with Gasteiger partial charge in [-0.1, -0.05) is 12.1 Å². The van der Waals surface area contributed by atoms with E-state index in [1.165, 1.54) is 18.4 Å². The average Bonchev–Trinajstić information content (AvgIpc) is 3.19. The first-order valence-corrected chi connectivity index (χ1v) is 8.20. The number of aromatic nitrogens is 2. The van der Waals surface area contributed by atoms with E-state index in [0.717, 1.165) is 29.9 Å². The second kappa shape index (κ2) is 6.96. The molecule has 23 heavy (non-hydrogen) atoms. The topological polar surface area (TPSA) is 61.0 Å². The number of carbonyl (C=O) groups excluding carboxylic acids is 1. The molecule has 2 heterocycles. The maximum Gasteiger partial charge on any atom is 0.253 e. The summed E-state index contributed by atoms with van der Waals surface area (Å²) in [6.07, 6.45) is 3.54. The summed E-state index contributed by atoms with van der Waals surface area (Å²) in [7, 11) is 1.81. The molecular weight excluding hydrogens is 288 g/mol. The van der Waals surface area contributed by atoms with Crippen LogP contribution in [0.1, 0.15) is 40.2 Å². The summed E-state index contributed by atoms with van der Waals surface area (Å²) >= 11 is 0. The van der Waals surface area contributed by atoms with Crippen molar-refractivity contribution in [3.8, 4) is 0 Å². The molecule has 5 nitrogen and oxygen atoms in total. The molecule has 1 saturated heterocycles. The maximum atomic E-state index is 12.5. The second-order valence-corrected chi connectivity index (χ2v) is 6.40. The minimum atomic E-state index is 0.0243. The van der Waals surface area contributed by atoms with Gasteiger partial charge in [-0.3, -0.25) is 9.89 Å². The molecule has 0 bridgehead atoms. The lowest BCUT2D eigenvalue weighted by molar-refractivity contribution is 0.0783. The summed E-state index contributed by atoms with van der Waals surface area (Å²) in [5, 5.41) is 10.6. The zero-order chi connectivity index (χ0) is 16.2. The molecular formula is C18H24N4O. The number of aryl methyl sites for hydroxylation is 1. The fraction of sp³-hybridized carbons (Fsp3) is 0.444. The van der Waals surface area contributed by atoms with Crippen molar-refractivity contribution in [2.24, 2.45) is 0 Å². The average molecular weight is 312 g/mol. The molecule has 1 amide bonds. The maximum absolute atomic E-state index is 12.5. The number of aromatic amines is 1. The number of carbonyl (C=O) groups is 1. The van der Waals surface area contributed by atoms with Crippen molar-refractivity contribution in [1.29, 1.82) is 0 Å². The first-order valence-electron chi connectivity index (χ1n) is 8.20. The molecule has 1 fully saturated rings. The van der Waals surface area contributed by atoms with Crippen molar-refractivity contribution >= 4 is 5.91 Å². The summed E-state index contributed by atoms with van der Waals surface area (Å²) < 4.78 is 0. The molecule has 2 N–H and O–H groups in total. The van der Waals surface area contributed by atoms with Gasteiger partial charge in [-0.05, 0) is 56.5 Å². The first-order chi connectivity index (χ1) is 11.1. The Labute approximate surface area is 137 Å². The highest BCUT2D eigenvalue weighted by Crippen LogP contribution is 2.14. The van der Waals surface area contributed by atoms with Crippen LogP contribution in [0.4, 0.5) is 0 Å². The molecule has 0 saturated carbocycles. The van der Waals surface area contributed by atoms with E-state index in [1.54, 1.807) is 4.90 Å². The normalized spacial score (nSPS) is 17.4. The molecule has 1 aromatic carbocycles. The predicted molar refractivity (Wildman–Crippen MR) is 90.3 cm³/mol. The Morgan fingerprint density at radius 2 is 2.13 bits per heavy atom. The van der Waals surface area contributed by atoms with E-state index in [2.05, 4.69) is 27.6 Å². The summed E-state index contributed by atoms with van der Waals surface area (Å²) in [6.45, 7) is 3.59. The number of amides is 1. The van der Waals surface area contributed by atoms with Crippen molar-refractivity contribution in [2.45, 2.75) is 38.8 Å². The van der Waals surface area contributed by atoms with Crippen molar-refractivity contribution in [1.82, 2.24) is 20.4 Å². The predicted octanol–water partition coefficient (Wildman–Crippen LogP) is 2.28. The number of nitrogens with one attached hydrogen (secondary N) is 2. The summed E-state index contributed by atoms with van der Waals surface area (Å²) in [5.74, 6) is 0.0243. The minimum Gasteiger partial charge on any atom is -0.336 e. The van der Waals surface area contributed by atoms with E-state index < -0.39 is 0 Å². The van der Waals surface area contributed by atoms with Crippen LogP contribution in [-0.4, -0.2) is 40.6 Å². The van der Waals surface area contributed by atoms with E-state index in [9.17, 15) is 4.79 Å². The second-order valence-electron chi connectivity index (χ2n) is 6.40. The van der Waals surface area contributed by atoms with Gasteiger partial charge in [0.15, 0.2) is 0 Å². The van der Waals surface area contributed by atoms with Crippen LogP contribution in [0, 0.1) is 6.92 Å². The molecule has 122 valence electrons. The fourth-order valence-corrected chi connectivity index (χ4v) is 3.09. The van der Waals surface area contributed by atoms with E-state index in [4.69, 9.17) is 0 Å². The van der Waals surface area contributed by atoms with Crippen LogP contribution in [-0.2, 0) is 13.0 Å². The third-order valence-corrected chi connectivity index (χ3v) is 4.35. The van der Waals surface area contributed by atoms with E-state index in [1.807, 2.05) is 32.2 Å². The van der Waals surface area contributed by atoms with E-state index in [-0.39, 0.29) is 5.91 Å². The van der Waals surface area contributed by atoms with Gasteiger partial charge >= 0.3 is 0 Å². The third-order valence-electron chi connectivity index (χ3n) is 4.35. The fourth-order valence-electron chi connectivity index (χ4n) is 3.09. The van der Waals surface area contributed by atoms with Crippen LogP contribution >= 0.6 is 0 Å². The number of benzene rings is 1. The van der Waals surface area contributed by atoms with Crippen molar-refractivity contribution in [2.75, 3.05) is 13.6 Å². The van der Waals surface area contributed by atoms with Gasteiger partial charge in [0.05, 0.1) is 12.2 Å². The van der Waals surface area contributed by atoms with Gasteiger partial charge in [-0.15, -0.1) is 0 Å². The Morgan fingerprint density at radius 3 is 2.74 bits per heavy atom. The van der Waals surface area contributed by atoms with E-state index >= 15 is 0 Å². The lowest BCUT2D eigenvalue weighted by Gasteiger charge is -2.16. The molecule has 0 aliphatic carbocycles. The van der Waals surface area contributed by atoms with Gasteiger partial charge in [0.25, 0.3) is 5.91 Å². The Morgan fingerprint density at radius 1 is 1.35 bits per heavy atom. The zero-order valence-electron chi connectivity index (χ0n) is 13.8. The summed E-state index contributed by atoms with van der Waals surface area (Å²) in [5.41, 5.74) is 3.89. The highest BCUT2D eigenvalue weighted by atomic mass is 16.2. The van der Waals surface area contributed by atoms with E-state index in [0.29, 0.717) is 12.6 Å². The van der Waals surface area contributed by atoms with Gasteiger partial charge in [0.2, 0.25) is 0 Å². The van der Waals surface area contributed by atoms with Crippen LogP contribution in [0.5, 0.6) is 0 Å². The molecule has 1 aliphatic heterocycles. The van der Waals surface area contributed by atoms with Crippen molar-refractivity contribution < 1.29 is 4.79 Å². The molecule has 0 radical (unpaired) electrons. The zero-order valence-corrected chi connectivity index (χ0v) is 13.8. The highest BCUT2D eigenvalue weighted by molar-refractivity contribution is 5.94. The van der Waals surface area contributed by atoms with Gasteiger partial charge in [0.1, 0.15) is 0 Å². The van der Waals surface area contributed by atoms with Gasteiger partial charge in [-0.25, -0.2) is 0 Å². The van der Waals surface area contributed by atoms with Crippen LogP contribution < -0.4 is 5.32 Å². The van der Waals surface area contributed by atoms with Crippen LogP contribution in [0.25, 0.3) is 0 Å². The number of H-pyrrole nitrogens is 1. The first kappa shape index (κ1) is 15.7. The SMILES string of the molecule is Cc1cc(CN(C)C(=O)c2ccc(CC3CCCN3)cc2)n[nH]1. The Kier molecular flexibility index (Phi) is 4.76. The third kappa shape index (κ3) is 3.99. The van der Waals surface area contributed by atoms with Crippen molar-refractivity contribution in [3.63, 3.8) is 0 Å². The van der Waals surface area contributed by atoms with Crippen LogP contribution in [0.3, 0.4) is 0 Å². The Bertz CT molecular complexity index is 656. The lowest BCUT2D eigenvalue weighted by Crippen LogP contribution is -2.26. The smallest absolute Gasteiger partial charge is 0.253 e. The van der Waals surface area contributed by atoms with Gasteiger partial charge in [0, 0.05) is 24.3 Å². The monoisotopic (exact) mass is 312 g/mol. The molecule has 1 atom stereocenters. The number of hydrogen-bond donors (Lipinski definition) is 2.